The van der Waals surface area contributed by atoms with Crippen LogP contribution < -0.4 is 10.6 Å². The maximum atomic E-state index is 12.6. The first-order valence-corrected chi connectivity index (χ1v) is 11.5. The second-order valence-corrected chi connectivity index (χ2v) is 10.1. The number of fused-ring (bicyclic) bond motifs is 5. The van der Waals surface area contributed by atoms with Crippen LogP contribution in [0.2, 0.25) is 0 Å². The molecule has 1 amide bonds. The summed E-state index contributed by atoms with van der Waals surface area (Å²) in [5, 5.41) is 19.3. The van der Waals surface area contributed by atoms with Gasteiger partial charge < -0.3 is 5.32 Å². The van der Waals surface area contributed by atoms with Crippen molar-refractivity contribution >= 4 is 35.5 Å². The van der Waals surface area contributed by atoms with Crippen molar-refractivity contribution in [1.82, 2.24) is 15.6 Å². The number of carbonyl (C=O) groups excluding carboxylic acids is 1. The summed E-state index contributed by atoms with van der Waals surface area (Å²) in [6.45, 7) is 0. The Labute approximate surface area is 164 Å². The number of hydrogen-bond donors (Lipinski definition) is 2. The number of pyridine rings is 1. The van der Waals surface area contributed by atoms with E-state index in [9.17, 15) is 10.1 Å². The molecule has 6 heteroatoms. The molecule has 0 aliphatic carbocycles. The van der Waals surface area contributed by atoms with Crippen LogP contribution in [0.5, 0.6) is 0 Å². The molecular weight excluding hydrogens is 367 g/mol. The van der Waals surface area contributed by atoms with E-state index in [0.29, 0.717) is 12.5 Å². The highest BCUT2D eigenvalue weighted by atomic mass is 31.1. The van der Waals surface area contributed by atoms with E-state index < -0.39 is 6.04 Å². The normalized spacial score (nSPS) is 24.3. The van der Waals surface area contributed by atoms with Gasteiger partial charge in [-0.1, -0.05) is 38.3 Å². The molecule has 3 aromatic rings. The van der Waals surface area contributed by atoms with Crippen molar-refractivity contribution in [2.45, 2.75) is 30.7 Å². The van der Waals surface area contributed by atoms with Gasteiger partial charge in [0.15, 0.2) is 0 Å². The van der Waals surface area contributed by atoms with Gasteiger partial charge in [-0.2, -0.15) is 5.26 Å². The Morgan fingerprint density at radius 3 is 3.00 bits per heavy atom. The monoisotopic (exact) mass is 388 g/mol. The average Bonchev–Trinajstić information content (AvgIpc) is 3.36. The molecular formula is C22H21N4OP. The Balaban J connectivity index is 1.34. The number of para-hydroxylation sites is 1. The van der Waals surface area contributed by atoms with E-state index in [4.69, 9.17) is 0 Å². The minimum absolute atomic E-state index is 0.00619. The van der Waals surface area contributed by atoms with Gasteiger partial charge in [-0.05, 0) is 41.8 Å². The van der Waals surface area contributed by atoms with Crippen molar-refractivity contribution in [2.24, 2.45) is 0 Å². The highest BCUT2D eigenvalue weighted by Gasteiger charge is 2.42. The topological polar surface area (TPSA) is 77.8 Å². The standard InChI is InChI=1S/C22H21N4OP/c23-11-17(25-21(27)22-26-16-7-8-28(22)13-16)10-14-5-6-18-15(9-14)12-24-20-4-2-1-3-19(18)20/h1-6,9,12,16-17,22,26H,7-8,10,13H2,(H,25,27). The quantitative estimate of drug-likeness (QED) is 0.532. The second kappa shape index (κ2) is 7.13. The van der Waals surface area contributed by atoms with Crippen LogP contribution in [-0.2, 0) is 11.2 Å². The minimum Gasteiger partial charge on any atom is -0.338 e. The van der Waals surface area contributed by atoms with Gasteiger partial charge in [0.05, 0.1) is 11.6 Å². The lowest BCUT2D eigenvalue weighted by atomic mass is 10.0. The first kappa shape index (κ1) is 17.6. The fourth-order valence-corrected chi connectivity index (χ4v) is 7.36. The number of aromatic nitrogens is 1. The van der Waals surface area contributed by atoms with E-state index in [1.165, 1.54) is 12.6 Å². The van der Waals surface area contributed by atoms with E-state index in [0.717, 1.165) is 33.4 Å². The number of nitrogens with one attached hydrogen (secondary N) is 2. The first-order chi connectivity index (χ1) is 13.7. The fraction of sp³-hybridized carbons (Fsp3) is 0.318. The zero-order chi connectivity index (χ0) is 19.1. The van der Waals surface area contributed by atoms with Crippen LogP contribution in [0.3, 0.4) is 0 Å². The molecule has 0 spiro atoms. The number of nitrogens with zero attached hydrogens (tertiary/aromatic N) is 2. The van der Waals surface area contributed by atoms with Gasteiger partial charge in [0, 0.05) is 29.4 Å². The molecule has 0 saturated carbocycles. The van der Waals surface area contributed by atoms with E-state index in [1.807, 2.05) is 30.5 Å². The summed E-state index contributed by atoms with van der Waals surface area (Å²) in [6.07, 6.45) is 5.89. The third-order valence-corrected chi connectivity index (χ3v) is 8.65. The molecule has 4 unspecified atom stereocenters. The Morgan fingerprint density at radius 1 is 1.32 bits per heavy atom. The molecule has 4 atom stereocenters. The van der Waals surface area contributed by atoms with Gasteiger partial charge >= 0.3 is 0 Å². The molecule has 28 heavy (non-hydrogen) atoms. The number of benzene rings is 2. The van der Waals surface area contributed by atoms with Crippen LogP contribution in [0.4, 0.5) is 0 Å². The largest absolute Gasteiger partial charge is 0.338 e. The number of amides is 1. The smallest absolute Gasteiger partial charge is 0.242 e. The molecule has 0 radical (unpaired) electrons. The maximum Gasteiger partial charge on any atom is 0.242 e. The second-order valence-electron chi connectivity index (χ2n) is 7.64. The van der Waals surface area contributed by atoms with Gasteiger partial charge in [-0.25, -0.2) is 0 Å². The predicted octanol–water partition coefficient (Wildman–Crippen LogP) is 3.12. The number of carbonyl (C=O) groups is 1. The van der Waals surface area contributed by atoms with Crippen molar-refractivity contribution in [2.75, 3.05) is 12.3 Å². The van der Waals surface area contributed by atoms with Crippen molar-refractivity contribution in [3.05, 3.63) is 54.2 Å². The summed E-state index contributed by atoms with van der Waals surface area (Å²) in [6, 6.07) is 16.5. The highest BCUT2D eigenvalue weighted by molar-refractivity contribution is 7.60. The van der Waals surface area contributed by atoms with Crippen LogP contribution in [-0.4, -0.2) is 41.1 Å². The van der Waals surface area contributed by atoms with Crippen molar-refractivity contribution in [3.63, 3.8) is 0 Å². The molecule has 1 aromatic heterocycles. The third kappa shape index (κ3) is 3.13. The van der Waals surface area contributed by atoms with E-state index in [2.05, 4.69) is 39.9 Å². The Bertz CT molecular complexity index is 1110. The number of rotatable bonds is 4. The van der Waals surface area contributed by atoms with Crippen LogP contribution in [0.25, 0.3) is 21.7 Å². The van der Waals surface area contributed by atoms with Crippen LogP contribution in [0.15, 0.2) is 48.7 Å². The third-order valence-electron chi connectivity index (χ3n) is 5.79. The lowest BCUT2D eigenvalue weighted by Crippen LogP contribution is -2.47. The molecule has 2 bridgehead atoms. The van der Waals surface area contributed by atoms with Gasteiger partial charge in [0.1, 0.15) is 11.8 Å². The van der Waals surface area contributed by atoms with Gasteiger partial charge in [0.25, 0.3) is 0 Å². The van der Waals surface area contributed by atoms with Crippen LogP contribution in [0.1, 0.15) is 12.0 Å². The average molecular weight is 388 g/mol. The Morgan fingerprint density at radius 2 is 2.21 bits per heavy atom. The molecule has 2 aromatic carbocycles. The summed E-state index contributed by atoms with van der Waals surface area (Å²) in [5.74, 6) is -0.0786. The molecule has 2 N–H and O–H groups in total. The molecule has 2 aliphatic rings. The number of nitriles is 1. The minimum atomic E-state index is -0.518. The SMILES string of the molecule is N#CC(Cc1ccc2c(cnc3ccccc32)c1)NC(=O)C1NC2CCP1C2. The molecule has 2 saturated heterocycles. The summed E-state index contributed by atoms with van der Waals surface area (Å²) < 4.78 is 0. The van der Waals surface area contributed by atoms with Crippen molar-refractivity contribution in [1.29, 1.82) is 5.26 Å². The van der Waals surface area contributed by atoms with Gasteiger partial charge in [-0.3, -0.25) is 15.1 Å². The zero-order valence-corrected chi connectivity index (χ0v) is 16.3. The predicted molar refractivity (Wildman–Crippen MR) is 112 cm³/mol. The molecule has 140 valence electrons. The van der Waals surface area contributed by atoms with E-state index in [1.54, 1.807) is 0 Å². The van der Waals surface area contributed by atoms with Crippen LogP contribution in [0, 0.1) is 11.3 Å². The Hall–Kier alpha value is -2.54. The van der Waals surface area contributed by atoms with Crippen molar-refractivity contribution < 1.29 is 4.79 Å². The van der Waals surface area contributed by atoms with Gasteiger partial charge in [0.2, 0.25) is 5.91 Å². The molecule has 5 nitrogen and oxygen atoms in total. The summed E-state index contributed by atoms with van der Waals surface area (Å²) >= 11 is 0. The molecule has 2 aliphatic heterocycles. The molecule has 5 rings (SSSR count). The number of hydrogen-bond acceptors (Lipinski definition) is 4. The van der Waals surface area contributed by atoms with E-state index >= 15 is 0 Å². The lowest BCUT2D eigenvalue weighted by molar-refractivity contribution is -0.121. The Kier molecular flexibility index (Phi) is 4.47. The summed E-state index contributed by atoms with van der Waals surface area (Å²) in [4.78, 5) is 17.2. The zero-order valence-electron chi connectivity index (χ0n) is 15.4. The molecule has 2 fully saturated rings. The lowest BCUT2D eigenvalue weighted by Gasteiger charge is -2.23. The van der Waals surface area contributed by atoms with Crippen LogP contribution >= 0.6 is 7.92 Å². The summed E-state index contributed by atoms with van der Waals surface area (Å²) in [5.41, 5.74) is 2.01. The highest BCUT2D eigenvalue weighted by Crippen LogP contribution is 2.52. The fourth-order valence-electron chi connectivity index (χ4n) is 4.39. The van der Waals surface area contributed by atoms with Gasteiger partial charge in [-0.15, -0.1) is 0 Å². The van der Waals surface area contributed by atoms with E-state index in [-0.39, 0.29) is 19.6 Å². The summed E-state index contributed by atoms with van der Waals surface area (Å²) in [7, 11) is -0.248. The van der Waals surface area contributed by atoms with Crippen molar-refractivity contribution in [3.8, 4) is 6.07 Å². The first-order valence-electron chi connectivity index (χ1n) is 9.68. The molecule has 3 heterocycles. The maximum absolute atomic E-state index is 12.6.